The minimum absolute atomic E-state index is 0.00930. The van der Waals surface area contributed by atoms with Gasteiger partial charge in [-0.2, -0.15) is 0 Å². The van der Waals surface area contributed by atoms with Crippen LogP contribution in [-0.2, 0) is 19.1 Å². The lowest BCUT2D eigenvalue weighted by atomic mass is 10.1. The van der Waals surface area contributed by atoms with E-state index < -0.39 is 12.0 Å². The van der Waals surface area contributed by atoms with Crippen molar-refractivity contribution in [2.24, 2.45) is 0 Å². The van der Waals surface area contributed by atoms with Crippen LogP contribution < -0.4 is 10.6 Å². The van der Waals surface area contributed by atoms with Crippen molar-refractivity contribution in [3.63, 3.8) is 0 Å². The molecule has 0 bridgehead atoms. The summed E-state index contributed by atoms with van der Waals surface area (Å²) in [6.07, 6.45) is -0.103. The maximum absolute atomic E-state index is 12.4. The number of carbonyl (C=O) groups is 3. The summed E-state index contributed by atoms with van der Waals surface area (Å²) in [6.45, 7) is 2.69. The van der Waals surface area contributed by atoms with Gasteiger partial charge in [0.05, 0.1) is 26.1 Å². The molecule has 7 nitrogen and oxygen atoms in total. The Labute approximate surface area is 162 Å². The molecule has 1 heterocycles. The summed E-state index contributed by atoms with van der Waals surface area (Å²) >= 11 is 12.1. The molecule has 26 heavy (non-hydrogen) atoms. The fraction of sp³-hybridized carbons (Fsp3) is 0.471. The van der Waals surface area contributed by atoms with E-state index in [0.29, 0.717) is 23.1 Å². The molecule has 0 radical (unpaired) electrons. The van der Waals surface area contributed by atoms with E-state index in [-0.39, 0.29) is 30.8 Å². The third-order valence-electron chi connectivity index (χ3n) is 4.18. The fourth-order valence-electron chi connectivity index (χ4n) is 2.82. The van der Waals surface area contributed by atoms with Gasteiger partial charge in [-0.3, -0.25) is 19.3 Å². The van der Waals surface area contributed by atoms with Crippen LogP contribution in [0.3, 0.4) is 0 Å². The highest BCUT2D eigenvalue weighted by Gasteiger charge is 2.33. The smallest absolute Gasteiger partial charge is 0.307 e. The summed E-state index contributed by atoms with van der Waals surface area (Å²) in [6, 6.07) is 4.01. The summed E-state index contributed by atoms with van der Waals surface area (Å²) in [4.78, 5) is 37.6. The Morgan fingerprint density at radius 3 is 2.81 bits per heavy atom. The van der Waals surface area contributed by atoms with E-state index in [4.69, 9.17) is 23.2 Å². The van der Waals surface area contributed by atoms with E-state index in [1.54, 1.807) is 23.1 Å². The second-order valence-electron chi connectivity index (χ2n) is 6.01. The van der Waals surface area contributed by atoms with Crippen molar-refractivity contribution in [2.75, 3.05) is 26.7 Å². The maximum Gasteiger partial charge on any atom is 0.307 e. The third kappa shape index (κ3) is 5.33. The predicted molar refractivity (Wildman–Crippen MR) is 98.0 cm³/mol. The average molecular weight is 402 g/mol. The molecular weight excluding hydrogens is 381 g/mol. The second-order valence-corrected chi connectivity index (χ2v) is 6.86. The van der Waals surface area contributed by atoms with E-state index in [1.807, 2.05) is 6.92 Å². The second kappa shape index (κ2) is 9.21. The molecule has 0 aliphatic carbocycles. The van der Waals surface area contributed by atoms with Crippen LogP contribution in [0.2, 0.25) is 10.0 Å². The van der Waals surface area contributed by atoms with Gasteiger partial charge < -0.3 is 15.4 Å². The van der Waals surface area contributed by atoms with Gasteiger partial charge in [0.15, 0.2) is 0 Å². The van der Waals surface area contributed by atoms with Gasteiger partial charge in [-0.15, -0.1) is 0 Å². The molecular formula is C17H21Cl2N3O4. The van der Waals surface area contributed by atoms with Crippen molar-refractivity contribution in [2.45, 2.75) is 25.4 Å². The van der Waals surface area contributed by atoms with Crippen LogP contribution >= 0.6 is 23.2 Å². The number of hydrogen-bond donors (Lipinski definition) is 2. The van der Waals surface area contributed by atoms with Gasteiger partial charge >= 0.3 is 5.97 Å². The Hall–Kier alpha value is -1.83. The zero-order valence-electron chi connectivity index (χ0n) is 14.6. The van der Waals surface area contributed by atoms with E-state index in [0.717, 1.165) is 5.56 Å². The fourth-order valence-corrected chi connectivity index (χ4v) is 3.39. The van der Waals surface area contributed by atoms with Crippen molar-refractivity contribution >= 4 is 41.0 Å². The topological polar surface area (TPSA) is 87.7 Å². The molecule has 1 saturated heterocycles. The van der Waals surface area contributed by atoms with Crippen molar-refractivity contribution in [3.8, 4) is 0 Å². The van der Waals surface area contributed by atoms with Gasteiger partial charge in [0.25, 0.3) is 0 Å². The minimum Gasteiger partial charge on any atom is -0.469 e. The molecule has 2 N–H and O–H groups in total. The molecule has 142 valence electrons. The van der Waals surface area contributed by atoms with Crippen LogP contribution in [0, 0.1) is 0 Å². The first kappa shape index (κ1) is 20.5. The monoisotopic (exact) mass is 401 g/mol. The molecule has 0 aromatic heterocycles. The molecule has 9 heteroatoms. The number of benzene rings is 1. The largest absolute Gasteiger partial charge is 0.469 e. The molecule has 1 aliphatic heterocycles. The number of carbonyl (C=O) groups excluding carboxylic acids is 3. The Morgan fingerprint density at radius 1 is 1.42 bits per heavy atom. The van der Waals surface area contributed by atoms with Gasteiger partial charge in [-0.05, 0) is 24.6 Å². The number of esters is 1. The molecule has 2 atom stereocenters. The van der Waals surface area contributed by atoms with Crippen molar-refractivity contribution in [1.82, 2.24) is 15.5 Å². The average Bonchev–Trinajstić information content (AvgIpc) is 2.57. The first-order chi connectivity index (χ1) is 12.3. The lowest BCUT2D eigenvalue weighted by Gasteiger charge is -2.34. The minimum atomic E-state index is -0.726. The quantitative estimate of drug-likeness (QED) is 0.705. The van der Waals surface area contributed by atoms with E-state index in [1.165, 1.54) is 7.11 Å². The number of rotatable bonds is 6. The molecule has 0 spiro atoms. The van der Waals surface area contributed by atoms with Crippen molar-refractivity contribution in [1.29, 1.82) is 0 Å². The molecule has 1 fully saturated rings. The Bertz CT molecular complexity index is 699. The number of hydrogen-bond acceptors (Lipinski definition) is 5. The number of methoxy groups -OCH3 is 1. The van der Waals surface area contributed by atoms with Crippen molar-refractivity contribution < 1.29 is 19.1 Å². The van der Waals surface area contributed by atoms with Crippen LogP contribution in [0.4, 0.5) is 0 Å². The number of amides is 2. The SMILES string of the molecule is COC(=O)C[C@H]1C(=O)NCCN1CC(=O)N[C@@H](C)c1ccc(Cl)cc1Cl. The van der Waals surface area contributed by atoms with Gasteiger partial charge in [-0.25, -0.2) is 0 Å². The molecule has 2 rings (SSSR count). The standard InChI is InChI=1S/C17H21Cl2N3O4/c1-10(12-4-3-11(18)7-13(12)19)21-15(23)9-22-6-5-20-17(25)14(22)8-16(24)26-2/h3-4,7,10,14H,5-6,8-9H2,1-2H3,(H,20,25)(H,21,23)/t10-,14-/m0/s1. The predicted octanol–water partition coefficient (Wildman–Crippen LogP) is 1.53. The van der Waals surface area contributed by atoms with Crippen molar-refractivity contribution in [3.05, 3.63) is 33.8 Å². The molecule has 1 aromatic carbocycles. The first-order valence-electron chi connectivity index (χ1n) is 8.14. The molecule has 0 unspecified atom stereocenters. The highest BCUT2D eigenvalue weighted by atomic mass is 35.5. The van der Waals surface area contributed by atoms with Crippen LogP contribution in [-0.4, -0.2) is 55.5 Å². The molecule has 1 aliphatic rings. The number of nitrogens with zero attached hydrogens (tertiary/aromatic N) is 1. The van der Waals surface area contributed by atoms with Gasteiger partial charge in [-0.1, -0.05) is 29.3 Å². The molecule has 1 aromatic rings. The number of ether oxygens (including phenoxy) is 1. The summed E-state index contributed by atoms with van der Waals surface area (Å²) in [7, 11) is 1.26. The number of halogens is 2. The lowest BCUT2D eigenvalue weighted by Crippen LogP contribution is -2.58. The Kier molecular flexibility index (Phi) is 7.25. The summed E-state index contributed by atoms with van der Waals surface area (Å²) < 4.78 is 4.63. The Morgan fingerprint density at radius 2 is 2.15 bits per heavy atom. The van der Waals surface area contributed by atoms with Crippen LogP contribution in [0.5, 0.6) is 0 Å². The van der Waals surface area contributed by atoms with Crippen LogP contribution in [0.25, 0.3) is 0 Å². The summed E-state index contributed by atoms with van der Waals surface area (Å²) in [5.74, 6) is -1.06. The van der Waals surface area contributed by atoms with Crippen LogP contribution in [0.1, 0.15) is 24.9 Å². The van der Waals surface area contributed by atoms with Crippen LogP contribution in [0.15, 0.2) is 18.2 Å². The summed E-state index contributed by atoms with van der Waals surface area (Å²) in [5, 5.41) is 6.52. The maximum atomic E-state index is 12.4. The highest BCUT2D eigenvalue weighted by Crippen LogP contribution is 2.26. The van der Waals surface area contributed by atoms with Gasteiger partial charge in [0, 0.05) is 23.1 Å². The lowest BCUT2D eigenvalue weighted by molar-refractivity contribution is -0.146. The number of nitrogens with one attached hydrogen (secondary N) is 2. The Balaban J connectivity index is 2.00. The van der Waals surface area contributed by atoms with Gasteiger partial charge in [0.1, 0.15) is 6.04 Å². The van der Waals surface area contributed by atoms with E-state index in [2.05, 4.69) is 15.4 Å². The first-order valence-corrected chi connectivity index (χ1v) is 8.90. The normalized spacial score (nSPS) is 18.8. The van der Waals surface area contributed by atoms with Gasteiger partial charge in [0.2, 0.25) is 11.8 Å². The van der Waals surface area contributed by atoms with E-state index >= 15 is 0 Å². The third-order valence-corrected chi connectivity index (χ3v) is 4.74. The zero-order chi connectivity index (χ0) is 19.3. The zero-order valence-corrected chi connectivity index (χ0v) is 16.1. The molecule has 2 amide bonds. The molecule has 0 saturated carbocycles. The number of piperazine rings is 1. The summed E-state index contributed by atoms with van der Waals surface area (Å²) in [5.41, 5.74) is 0.743. The highest BCUT2D eigenvalue weighted by molar-refractivity contribution is 6.35. The van der Waals surface area contributed by atoms with E-state index in [9.17, 15) is 14.4 Å².